The first-order chi connectivity index (χ1) is 14.9. The van der Waals surface area contributed by atoms with Gasteiger partial charge in [-0.2, -0.15) is 10.4 Å². The largest absolute Gasteiger partial charge is 0.481 e. The van der Waals surface area contributed by atoms with Gasteiger partial charge in [0.15, 0.2) is 12.4 Å². The Bertz CT molecular complexity index is 951. The quantitative estimate of drug-likeness (QED) is 0.712. The van der Waals surface area contributed by atoms with Crippen LogP contribution in [0.3, 0.4) is 0 Å². The van der Waals surface area contributed by atoms with E-state index in [-0.39, 0.29) is 19.5 Å². The Labute approximate surface area is 178 Å². The SMILES string of the molecule is COc1cc(Nc2nn(C3(CC#N)CCN(C(=O)OCC(F)F)CC3)cc2C)ccn1. The number of methoxy groups -OCH3 is 1. The zero-order chi connectivity index (χ0) is 22.4. The van der Waals surface area contributed by atoms with Crippen molar-refractivity contribution in [2.75, 3.05) is 32.1 Å². The van der Waals surface area contributed by atoms with Gasteiger partial charge in [-0.15, -0.1) is 0 Å². The first kappa shape index (κ1) is 22.3. The van der Waals surface area contributed by atoms with Gasteiger partial charge in [0.05, 0.1) is 25.1 Å². The molecule has 2 aromatic rings. The second kappa shape index (κ2) is 9.59. The number of nitrogens with zero attached hydrogens (tertiary/aromatic N) is 5. The molecule has 0 radical (unpaired) electrons. The van der Waals surface area contributed by atoms with Gasteiger partial charge >= 0.3 is 6.09 Å². The van der Waals surface area contributed by atoms with Crippen LogP contribution in [0, 0.1) is 18.3 Å². The molecule has 0 spiro atoms. The van der Waals surface area contributed by atoms with E-state index in [1.807, 2.05) is 13.1 Å². The molecule has 1 aliphatic rings. The highest BCUT2D eigenvalue weighted by Crippen LogP contribution is 2.35. The van der Waals surface area contributed by atoms with E-state index in [0.29, 0.717) is 24.5 Å². The number of nitriles is 1. The van der Waals surface area contributed by atoms with E-state index in [2.05, 4.69) is 26.2 Å². The number of halogens is 2. The number of rotatable bonds is 7. The topological polar surface area (TPSA) is 105 Å². The fraction of sp³-hybridized carbons (Fsp3) is 0.500. The van der Waals surface area contributed by atoms with Crippen LogP contribution >= 0.6 is 0 Å². The van der Waals surface area contributed by atoms with E-state index in [9.17, 15) is 18.8 Å². The van der Waals surface area contributed by atoms with E-state index >= 15 is 0 Å². The zero-order valence-electron chi connectivity index (χ0n) is 17.3. The smallest absolute Gasteiger partial charge is 0.409 e. The van der Waals surface area contributed by atoms with Crippen molar-refractivity contribution in [2.45, 2.75) is 38.2 Å². The molecule has 3 rings (SSSR count). The molecule has 0 atom stereocenters. The van der Waals surface area contributed by atoms with Crippen molar-refractivity contribution in [1.29, 1.82) is 5.26 Å². The van der Waals surface area contributed by atoms with Crippen LogP contribution in [0.5, 0.6) is 5.88 Å². The lowest BCUT2D eigenvalue weighted by molar-refractivity contribution is 0.0203. The number of pyridine rings is 1. The number of alkyl halides is 2. The number of hydrogen-bond donors (Lipinski definition) is 1. The summed E-state index contributed by atoms with van der Waals surface area (Å²) in [5.74, 6) is 1.10. The minimum Gasteiger partial charge on any atom is -0.481 e. The maximum atomic E-state index is 12.3. The van der Waals surface area contributed by atoms with Crippen LogP contribution in [0.2, 0.25) is 0 Å². The van der Waals surface area contributed by atoms with E-state index in [0.717, 1.165) is 11.3 Å². The first-order valence-corrected chi connectivity index (χ1v) is 9.77. The molecule has 166 valence electrons. The molecule has 1 fully saturated rings. The van der Waals surface area contributed by atoms with Crippen molar-refractivity contribution in [3.8, 4) is 11.9 Å². The van der Waals surface area contributed by atoms with Gasteiger partial charge < -0.3 is 19.7 Å². The second-order valence-corrected chi connectivity index (χ2v) is 7.33. The zero-order valence-corrected chi connectivity index (χ0v) is 17.3. The van der Waals surface area contributed by atoms with Crippen molar-refractivity contribution in [3.63, 3.8) is 0 Å². The number of aromatic nitrogens is 3. The highest BCUT2D eigenvalue weighted by atomic mass is 19.3. The Morgan fingerprint density at radius 3 is 2.81 bits per heavy atom. The van der Waals surface area contributed by atoms with Crippen LogP contribution in [0.1, 0.15) is 24.8 Å². The van der Waals surface area contributed by atoms with Crippen molar-refractivity contribution in [3.05, 3.63) is 30.1 Å². The van der Waals surface area contributed by atoms with Crippen molar-refractivity contribution < 1.29 is 23.0 Å². The van der Waals surface area contributed by atoms with E-state index in [1.165, 1.54) is 12.0 Å². The van der Waals surface area contributed by atoms with Gasteiger partial charge in [-0.25, -0.2) is 18.6 Å². The number of nitrogens with one attached hydrogen (secondary N) is 1. The number of anilines is 2. The number of carbonyl (C=O) groups is 1. The van der Waals surface area contributed by atoms with Gasteiger partial charge in [0.1, 0.15) is 0 Å². The second-order valence-electron chi connectivity index (χ2n) is 7.33. The molecule has 0 unspecified atom stereocenters. The molecule has 11 heteroatoms. The summed E-state index contributed by atoms with van der Waals surface area (Å²) >= 11 is 0. The minimum absolute atomic E-state index is 0.205. The molecular weight excluding hydrogens is 410 g/mol. The van der Waals surface area contributed by atoms with Crippen LogP contribution in [0.4, 0.5) is 25.1 Å². The molecule has 1 saturated heterocycles. The fourth-order valence-corrected chi connectivity index (χ4v) is 3.53. The maximum Gasteiger partial charge on any atom is 0.409 e. The fourth-order valence-electron chi connectivity index (χ4n) is 3.53. The molecule has 0 bridgehead atoms. The number of likely N-dealkylation sites (tertiary alicyclic amines) is 1. The number of hydrogen-bond acceptors (Lipinski definition) is 7. The van der Waals surface area contributed by atoms with Gasteiger partial charge in [0, 0.05) is 42.8 Å². The third kappa shape index (κ3) is 5.20. The summed E-state index contributed by atoms with van der Waals surface area (Å²) in [6.07, 6.45) is 1.12. The van der Waals surface area contributed by atoms with E-state index < -0.39 is 24.7 Å². The predicted octanol–water partition coefficient (Wildman–Crippen LogP) is 3.45. The number of aryl methyl sites for hydroxylation is 1. The minimum atomic E-state index is -2.70. The normalized spacial score (nSPS) is 15.4. The molecular formula is C20H24F2N6O3. The first-order valence-electron chi connectivity index (χ1n) is 9.77. The van der Waals surface area contributed by atoms with Crippen LogP contribution in [0.25, 0.3) is 0 Å². The standard InChI is InChI=1S/C20H24F2N6O3/c1-14-12-28(26-18(14)25-15-3-8-24-17(11-15)30-2)20(4-7-23)5-9-27(10-6-20)19(29)31-13-16(21)22/h3,8,11-12,16H,4-6,9-10,13H2,1-2H3,(H,24,25,26). The maximum absolute atomic E-state index is 12.3. The molecule has 0 aliphatic carbocycles. The Kier molecular flexibility index (Phi) is 6.89. The number of ether oxygens (including phenoxy) is 2. The van der Waals surface area contributed by atoms with Crippen LogP contribution < -0.4 is 10.1 Å². The third-order valence-corrected chi connectivity index (χ3v) is 5.28. The van der Waals surface area contributed by atoms with Crippen LogP contribution in [0.15, 0.2) is 24.5 Å². The van der Waals surface area contributed by atoms with Crippen molar-refractivity contribution in [2.24, 2.45) is 0 Å². The summed E-state index contributed by atoms with van der Waals surface area (Å²) in [6, 6.07) is 5.74. The van der Waals surface area contributed by atoms with E-state index in [4.69, 9.17) is 4.74 Å². The van der Waals surface area contributed by atoms with Gasteiger partial charge in [0.25, 0.3) is 6.43 Å². The molecule has 1 N–H and O–H groups in total. The lowest BCUT2D eigenvalue weighted by atomic mass is 9.85. The average Bonchev–Trinajstić information content (AvgIpc) is 3.13. The number of carbonyl (C=O) groups excluding carboxylic acids is 1. The highest BCUT2D eigenvalue weighted by molar-refractivity contribution is 5.67. The molecule has 9 nitrogen and oxygen atoms in total. The van der Waals surface area contributed by atoms with Crippen molar-refractivity contribution in [1.82, 2.24) is 19.7 Å². The van der Waals surface area contributed by atoms with Gasteiger partial charge in [-0.3, -0.25) is 4.68 Å². The van der Waals surface area contributed by atoms with Gasteiger partial charge in [-0.1, -0.05) is 0 Å². The lowest BCUT2D eigenvalue weighted by Gasteiger charge is -2.40. The monoisotopic (exact) mass is 434 g/mol. The van der Waals surface area contributed by atoms with Gasteiger partial charge in [0.2, 0.25) is 5.88 Å². The summed E-state index contributed by atoms with van der Waals surface area (Å²) in [4.78, 5) is 17.4. The Morgan fingerprint density at radius 1 is 1.42 bits per heavy atom. The Balaban J connectivity index is 1.74. The summed E-state index contributed by atoms with van der Waals surface area (Å²) in [6.45, 7) is 1.55. The molecule has 31 heavy (non-hydrogen) atoms. The molecule has 3 heterocycles. The van der Waals surface area contributed by atoms with Crippen molar-refractivity contribution >= 4 is 17.6 Å². The molecule has 1 aliphatic heterocycles. The number of amides is 1. The molecule has 0 saturated carbocycles. The summed E-state index contributed by atoms with van der Waals surface area (Å²) in [5, 5.41) is 17.3. The summed E-state index contributed by atoms with van der Waals surface area (Å²) in [5.41, 5.74) is 1.03. The Hall–Kier alpha value is -3.42. The summed E-state index contributed by atoms with van der Waals surface area (Å²) < 4.78 is 36.1. The molecule has 0 aromatic carbocycles. The Morgan fingerprint density at radius 2 is 2.16 bits per heavy atom. The average molecular weight is 434 g/mol. The molecule has 1 amide bonds. The van der Waals surface area contributed by atoms with E-state index in [1.54, 1.807) is 23.0 Å². The van der Waals surface area contributed by atoms with Gasteiger partial charge in [-0.05, 0) is 25.8 Å². The molecule has 2 aromatic heterocycles. The summed E-state index contributed by atoms with van der Waals surface area (Å²) in [7, 11) is 1.54. The highest BCUT2D eigenvalue weighted by Gasteiger charge is 2.39. The predicted molar refractivity (Wildman–Crippen MR) is 107 cm³/mol. The van der Waals surface area contributed by atoms with Crippen LogP contribution in [-0.2, 0) is 10.3 Å². The third-order valence-electron chi connectivity index (χ3n) is 5.28. The number of piperidine rings is 1. The lowest BCUT2D eigenvalue weighted by Crippen LogP contribution is -2.48. The van der Waals surface area contributed by atoms with Crippen LogP contribution in [-0.4, -0.2) is 59.0 Å².